The number of aryl methyl sites for hydroxylation is 1. The van der Waals surface area contributed by atoms with Crippen LogP contribution in [0.5, 0.6) is 0 Å². The van der Waals surface area contributed by atoms with Crippen molar-refractivity contribution in [2.45, 2.75) is 6.92 Å². The highest BCUT2D eigenvalue weighted by Gasteiger charge is 2.12. The van der Waals surface area contributed by atoms with Gasteiger partial charge in [-0.1, -0.05) is 18.2 Å². The van der Waals surface area contributed by atoms with Gasteiger partial charge in [-0.2, -0.15) is 0 Å². The summed E-state index contributed by atoms with van der Waals surface area (Å²) in [6.07, 6.45) is 1.64. The maximum atomic E-state index is 12.3. The molecule has 18 heavy (non-hydrogen) atoms. The van der Waals surface area contributed by atoms with Crippen molar-refractivity contribution in [3.63, 3.8) is 0 Å². The number of hydrogen-bond acceptors (Lipinski definition) is 3. The summed E-state index contributed by atoms with van der Waals surface area (Å²) in [6, 6.07) is 13.7. The molecule has 0 radical (unpaired) electrons. The molecule has 3 rings (SSSR count). The average Bonchev–Trinajstić information content (AvgIpc) is 2.82. The smallest absolute Gasteiger partial charge is 0.204 e. The summed E-state index contributed by atoms with van der Waals surface area (Å²) in [5.41, 5.74) is 1.56. The minimum absolute atomic E-state index is 0.0451. The summed E-state index contributed by atoms with van der Waals surface area (Å²) in [5, 5.41) is 1.12. The van der Waals surface area contributed by atoms with E-state index in [1.807, 2.05) is 49.4 Å². The third-order valence-electron chi connectivity index (χ3n) is 2.82. The molecule has 0 bridgehead atoms. The minimum Gasteiger partial charge on any atom is -0.288 e. The number of ketones is 1. The second-order valence-electron chi connectivity index (χ2n) is 4.17. The van der Waals surface area contributed by atoms with Crippen LogP contribution in [0.3, 0.4) is 0 Å². The van der Waals surface area contributed by atoms with E-state index in [4.69, 9.17) is 0 Å². The third-order valence-corrected chi connectivity index (χ3v) is 3.94. The third kappa shape index (κ3) is 1.93. The molecule has 2 nitrogen and oxygen atoms in total. The predicted octanol–water partition coefficient (Wildman–Crippen LogP) is 3.84. The fraction of sp³-hybridized carbons (Fsp3) is 0.0667. The first-order valence-corrected chi connectivity index (χ1v) is 6.51. The van der Waals surface area contributed by atoms with Crippen molar-refractivity contribution < 1.29 is 4.79 Å². The highest BCUT2D eigenvalue weighted by Crippen LogP contribution is 2.26. The molecule has 0 N–H and O–H groups in total. The van der Waals surface area contributed by atoms with Gasteiger partial charge in [0, 0.05) is 22.2 Å². The van der Waals surface area contributed by atoms with E-state index in [9.17, 15) is 4.79 Å². The molecule has 1 aromatic carbocycles. The Hall–Kier alpha value is -2.00. The molecule has 2 heterocycles. The number of nitrogens with zero attached hydrogens (tertiary/aromatic N) is 1. The van der Waals surface area contributed by atoms with E-state index in [0.717, 1.165) is 20.7 Å². The number of benzene rings is 1. The molecule has 0 saturated heterocycles. The van der Waals surface area contributed by atoms with E-state index in [0.29, 0.717) is 5.56 Å². The summed E-state index contributed by atoms with van der Waals surface area (Å²) >= 11 is 1.53. The number of hydrogen-bond donors (Lipinski definition) is 0. The van der Waals surface area contributed by atoms with Crippen LogP contribution in [-0.2, 0) is 0 Å². The van der Waals surface area contributed by atoms with Crippen molar-refractivity contribution in [2.24, 2.45) is 0 Å². The van der Waals surface area contributed by atoms with E-state index < -0.39 is 0 Å². The zero-order valence-corrected chi connectivity index (χ0v) is 10.7. The van der Waals surface area contributed by atoms with Crippen molar-refractivity contribution in [3.8, 4) is 0 Å². The summed E-state index contributed by atoms with van der Waals surface area (Å²) < 4.78 is 1.14. The first-order valence-electron chi connectivity index (χ1n) is 5.70. The Labute approximate surface area is 109 Å². The van der Waals surface area contributed by atoms with Gasteiger partial charge in [0.1, 0.15) is 0 Å². The number of fused-ring (bicyclic) bond motifs is 1. The average molecular weight is 253 g/mol. The topological polar surface area (TPSA) is 30.0 Å². The number of carbonyl (C=O) groups excluding carboxylic acids is 1. The first-order chi connectivity index (χ1) is 8.74. The van der Waals surface area contributed by atoms with Gasteiger partial charge in [0.15, 0.2) is 0 Å². The molecule has 0 atom stereocenters. The van der Waals surface area contributed by atoms with Gasteiger partial charge >= 0.3 is 0 Å². The minimum atomic E-state index is 0.0451. The standard InChI is InChI=1S/C15H11NOS/c1-10-6-7-12(9-16-10)15(17)14-8-11-4-2-3-5-13(11)18-14/h2-9H,1H3. The van der Waals surface area contributed by atoms with Crippen LogP contribution in [0.2, 0.25) is 0 Å². The Balaban J connectivity index is 2.03. The highest BCUT2D eigenvalue weighted by molar-refractivity contribution is 7.21. The fourth-order valence-electron chi connectivity index (χ4n) is 1.84. The van der Waals surface area contributed by atoms with Crippen molar-refractivity contribution in [2.75, 3.05) is 0 Å². The molecular weight excluding hydrogens is 242 g/mol. The Bertz CT molecular complexity index is 680. The Kier molecular flexibility index (Phi) is 2.68. The molecular formula is C15H11NOS. The molecule has 2 aromatic heterocycles. The van der Waals surface area contributed by atoms with Crippen molar-refractivity contribution in [3.05, 3.63) is 64.8 Å². The molecule has 0 unspecified atom stereocenters. The summed E-state index contributed by atoms with van der Waals surface area (Å²) in [6.45, 7) is 1.91. The van der Waals surface area contributed by atoms with Crippen molar-refractivity contribution >= 4 is 27.2 Å². The quantitative estimate of drug-likeness (QED) is 0.649. The molecule has 0 amide bonds. The number of rotatable bonds is 2. The molecule has 0 aliphatic carbocycles. The Morgan fingerprint density at radius 2 is 2.00 bits per heavy atom. The van der Waals surface area contributed by atoms with Crippen LogP contribution in [0, 0.1) is 6.92 Å². The van der Waals surface area contributed by atoms with Crippen LogP contribution >= 0.6 is 11.3 Å². The second-order valence-corrected chi connectivity index (χ2v) is 5.25. The van der Waals surface area contributed by atoms with Gasteiger partial charge in [-0.15, -0.1) is 11.3 Å². The van der Waals surface area contributed by atoms with E-state index in [1.54, 1.807) is 6.20 Å². The van der Waals surface area contributed by atoms with Gasteiger partial charge < -0.3 is 0 Å². The molecule has 88 valence electrons. The number of carbonyl (C=O) groups is 1. The molecule has 0 spiro atoms. The summed E-state index contributed by atoms with van der Waals surface area (Å²) in [5.74, 6) is 0.0451. The maximum Gasteiger partial charge on any atom is 0.204 e. The highest BCUT2D eigenvalue weighted by atomic mass is 32.1. The van der Waals surface area contributed by atoms with Gasteiger partial charge in [-0.25, -0.2) is 0 Å². The zero-order valence-electron chi connectivity index (χ0n) is 9.88. The first kappa shape index (κ1) is 11.1. The summed E-state index contributed by atoms with van der Waals surface area (Å²) in [7, 11) is 0. The van der Waals surface area contributed by atoms with E-state index >= 15 is 0 Å². The van der Waals surface area contributed by atoms with Gasteiger partial charge in [0.05, 0.1) is 4.88 Å². The van der Waals surface area contributed by atoms with E-state index in [1.165, 1.54) is 11.3 Å². The van der Waals surface area contributed by atoms with Crippen LogP contribution in [0.1, 0.15) is 20.9 Å². The molecule has 3 heteroatoms. The second kappa shape index (κ2) is 4.35. The van der Waals surface area contributed by atoms with Gasteiger partial charge in [-0.05, 0) is 36.6 Å². The SMILES string of the molecule is Cc1ccc(C(=O)c2cc3ccccc3s2)cn1. The van der Waals surface area contributed by atoms with Gasteiger partial charge in [0.2, 0.25) is 5.78 Å². The summed E-state index contributed by atoms with van der Waals surface area (Å²) in [4.78, 5) is 17.2. The maximum absolute atomic E-state index is 12.3. The van der Waals surface area contributed by atoms with E-state index in [2.05, 4.69) is 4.98 Å². The van der Waals surface area contributed by atoms with Crippen LogP contribution in [0.4, 0.5) is 0 Å². The molecule has 0 fully saturated rings. The lowest BCUT2D eigenvalue weighted by Gasteiger charge is -1.97. The lowest BCUT2D eigenvalue weighted by atomic mass is 10.1. The van der Waals surface area contributed by atoms with Gasteiger partial charge in [-0.3, -0.25) is 9.78 Å². The zero-order chi connectivity index (χ0) is 12.5. The Morgan fingerprint density at radius 3 is 2.72 bits per heavy atom. The lowest BCUT2D eigenvalue weighted by molar-refractivity contribution is 0.104. The molecule has 0 saturated carbocycles. The molecule has 3 aromatic rings. The van der Waals surface area contributed by atoms with E-state index in [-0.39, 0.29) is 5.78 Å². The lowest BCUT2D eigenvalue weighted by Crippen LogP contribution is -1.99. The number of thiophene rings is 1. The number of pyridine rings is 1. The van der Waals surface area contributed by atoms with Crippen LogP contribution in [0.25, 0.3) is 10.1 Å². The molecule has 0 aliphatic heterocycles. The molecule has 0 aliphatic rings. The monoisotopic (exact) mass is 253 g/mol. The fourth-order valence-corrected chi connectivity index (χ4v) is 2.86. The Morgan fingerprint density at radius 1 is 1.17 bits per heavy atom. The van der Waals surface area contributed by atoms with Crippen molar-refractivity contribution in [1.29, 1.82) is 0 Å². The van der Waals surface area contributed by atoms with Crippen LogP contribution in [-0.4, -0.2) is 10.8 Å². The van der Waals surface area contributed by atoms with Crippen LogP contribution in [0.15, 0.2) is 48.7 Å². The predicted molar refractivity (Wildman–Crippen MR) is 74.2 cm³/mol. The number of aromatic nitrogens is 1. The van der Waals surface area contributed by atoms with Crippen molar-refractivity contribution in [1.82, 2.24) is 4.98 Å². The normalized spacial score (nSPS) is 10.7. The van der Waals surface area contributed by atoms with Gasteiger partial charge in [0.25, 0.3) is 0 Å². The van der Waals surface area contributed by atoms with Crippen LogP contribution < -0.4 is 0 Å². The largest absolute Gasteiger partial charge is 0.288 e.